The molecule has 0 aliphatic carbocycles. The summed E-state index contributed by atoms with van der Waals surface area (Å²) in [5, 5.41) is 25.5. The number of aliphatic carboxylic acids is 2. The lowest BCUT2D eigenvalue weighted by Crippen LogP contribution is -2.59. The fourth-order valence-electron chi connectivity index (χ4n) is 6.91. The Morgan fingerprint density at radius 1 is 0.978 bits per heavy atom. The SMILES string of the molecule is CC1=C(C(=O)O)C(c2cccc(Cl)c2)C(CCC(c2ccccc2)c2ccccc2)(C(=O)O)C(COCC2COC(C)(C)O2)N1. The highest BCUT2D eigenvalue weighted by atomic mass is 35.5. The van der Waals surface area contributed by atoms with Gasteiger partial charge in [-0.1, -0.05) is 84.4 Å². The number of carboxylic acids is 2. The quantitative estimate of drug-likeness (QED) is 0.204. The van der Waals surface area contributed by atoms with E-state index >= 15 is 0 Å². The molecule has 0 aromatic heterocycles. The van der Waals surface area contributed by atoms with Gasteiger partial charge in [0.05, 0.1) is 31.4 Å². The van der Waals surface area contributed by atoms with Gasteiger partial charge in [0.1, 0.15) is 11.5 Å². The first-order chi connectivity index (χ1) is 21.5. The summed E-state index contributed by atoms with van der Waals surface area (Å²) in [5.41, 5.74) is 1.39. The van der Waals surface area contributed by atoms with Gasteiger partial charge in [-0.05, 0) is 62.4 Å². The zero-order valence-corrected chi connectivity index (χ0v) is 26.5. The number of ether oxygens (including phenoxy) is 3. The van der Waals surface area contributed by atoms with Crippen molar-refractivity contribution < 1.29 is 34.0 Å². The van der Waals surface area contributed by atoms with E-state index < -0.39 is 35.1 Å². The Kier molecular flexibility index (Phi) is 9.99. The molecule has 0 spiro atoms. The van der Waals surface area contributed by atoms with E-state index in [-0.39, 0.29) is 37.2 Å². The third-order valence-corrected chi connectivity index (χ3v) is 9.17. The van der Waals surface area contributed by atoms with Crippen molar-refractivity contribution in [1.29, 1.82) is 0 Å². The third-order valence-electron chi connectivity index (χ3n) is 8.94. The molecule has 238 valence electrons. The van der Waals surface area contributed by atoms with Crippen LogP contribution in [0.3, 0.4) is 0 Å². The van der Waals surface area contributed by atoms with Crippen molar-refractivity contribution in [3.63, 3.8) is 0 Å². The van der Waals surface area contributed by atoms with Crippen LogP contribution in [0.15, 0.2) is 96.2 Å². The minimum absolute atomic E-state index is 0.00108. The second-order valence-corrected chi connectivity index (χ2v) is 12.7. The van der Waals surface area contributed by atoms with Crippen molar-refractivity contribution in [2.24, 2.45) is 5.41 Å². The van der Waals surface area contributed by atoms with Gasteiger partial charge in [0.15, 0.2) is 5.79 Å². The summed E-state index contributed by atoms with van der Waals surface area (Å²) in [4.78, 5) is 26.7. The first-order valence-corrected chi connectivity index (χ1v) is 15.6. The van der Waals surface area contributed by atoms with Gasteiger partial charge < -0.3 is 29.7 Å². The molecule has 8 nitrogen and oxygen atoms in total. The molecule has 9 heteroatoms. The van der Waals surface area contributed by atoms with Crippen LogP contribution in [-0.4, -0.2) is 59.9 Å². The standard InChI is InChI=1S/C36H40ClNO7/c1-23-31(33(39)40)32(26-15-10-16-27(37)19-26)36(34(41)42,30(38-23)22-43-20-28-21-44-35(2,3)45-28)18-17-29(24-11-6-4-7-12-24)25-13-8-5-9-14-25/h4-16,19,28-30,32,38H,17-18,20-22H2,1-3H3,(H,39,40)(H,41,42). The molecule has 0 bridgehead atoms. The van der Waals surface area contributed by atoms with Gasteiger partial charge in [-0.3, -0.25) is 4.79 Å². The van der Waals surface area contributed by atoms with Crippen molar-refractivity contribution in [1.82, 2.24) is 5.32 Å². The van der Waals surface area contributed by atoms with Gasteiger partial charge in [0.25, 0.3) is 0 Å². The molecular weight excluding hydrogens is 594 g/mol. The van der Waals surface area contributed by atoms with Crippen LogP contribution in [0.2, 0.25) is 5.02 Å². The van der Waals surface area contributed by atoms with E-state index in [1.165, 1.54) is 0 Å². The molecule has 5 rings (SSSR count). The minimum atomic E-state index is -1.62. The van der Waals surface area contributed by atoms with Crippen LogP contribution in [0.25, 0.3) is 0 Å². The maximum absolute atomic E-state index is 13.8. The zero-order chi connectivity index (χ0) is 32.2. The van der Waals surface area contributed by atoms with E-state index in [2.05, 4.69) is 5.32 Å². The average Bonchev–Trinajstić information content (AvgIpc) is 3.36. The van der Waals surface area contributed by atoms with Gasteiger partial charge in [-0.15, -0.1) is 0 Å². The number of benzene rings is 3. The second-order valence-electron chi connectivity index (χ2n) is 12.3. The predicted octanol–water partition coefficient (Wildman–Crippen LogP) is 6.61. The van der Waals surface area contributed by atoms with E-state index in [1.54, 1.807) is 31.2 Å². The predicted molar refractivity (Wildman–Crippen MR) is 171 cm³/mol. The third kappa shape index (κ3) is 7.10. The monoisotopic (exact) mass is 633 g/mol. The lowest BCUT2D eigenvalue weighted by Gasteiger charge is -2.48. The van der Waals surface area contributed by atoms with Gasteiger partial charge in [-0.25, -0.2) is 4.79 Å². The molecular formula is C36H40ClNO7. The maximum Gasteiger partial charge on any atom is 0.333 e. The first kappa shape index (κ1) is 32.7. The largest absolute Gasteiger partial charge is 0.481 e. The molecule has 2 heterocycles. The lowest BCUT2D eigenvalue weighted by molar-refractivity contribution is -0.157. The smallest absolute Gasteiger partial charge is 0.333 e. The number of nitrogens with one attached hydrogen (secondary N) is 1. The van der Waals surface area contributed by atoms with Crippen LogP contribution in [0, 0.1) is 5.41 Å². The van der Waals surface area contributed by atoms with E-state index in [4.69, 9.17) is 25.8 Å². The van der Waals surface area contributed by atoms with E-state index in [0.717, 1.165) is 11.1 Å². The minimum Gasteiger partial charge on any atom is -0.481 e. The van der Waals surface area contributed by atoms with Crippen molar-refractivity contribution in [2.75, 3.05) is 19.8 Å². The molecule has 0 saturated carbocycles. The summed E-state index contributed by atoms with van der Waals surface area (Å²) < 4.78 is 17.7. The molecule has 1 fully saturated rings. The van der Waals surface area contributed by atoms with E-state index in [9.17, 15) is 19.8 Å². The van der Waals surface area contributed by atoms with Gasteiger partial charge in [0, 0.05) is 22.6 Å². The Labute approximate surface area is 269 Å². The fraction of sp³-hybridized carbons (Fsp3) is 0.389. The summed E-state index contributed by atoms with van der Waals surface area (Å²) in [6.07, 6.45) is 0.281. The van der Waals surface area contributed by atoms with Crippen LogP contribution in [0.4, 0.5) is 0 Å². The summed E-state index contributed by atoms with van der Waals surface area (Å²) in [5.74, 6) is -4.16. The Morgan fingerprint density at radius 3 is 2.16 bits per heavy atom. The zero-order valence-electron chi connectivity index (χ0n) is 25.7. The van der Waals surface area contributed by atoms with Crippen LogP contribution in [-0.2, 0) is 23.8 Å². The summed E-state index contributed by atoms with van der Waals surface area (Å²) in [6, 6.07) is 26.0. The highest BCUT2D eigenvalue weighted by Gasteiger charge is 2.58. The van der Waals surface area contributed by atoms with Gasteiger partial charge in [0.2, 0.25) is 0 Å². The fourth-order valence-corrected chi connectivity index (χ4v) is 7.11. The van der Waals surface area contributed by atoms with E-state index in [1.807, 2.05) is 74.5 Å². The van der Waals surface area contributed by atoms with Crippen molar-refractivity contribution in [3.8, 4) is 0 Å². The molecule has 4 atom stereocenters. The number of carboxylic acid groups (broad SMARTS) is 2. The molecule has 2 aliphatic rings. The molecule has 3 N–H and O–H groups in total. The van der Waals surface area contributed by atoms with Gasteiger partial charge in [-0.2, -0.15) is 0 Å². The second kappa shape index (κ2) is 13.7. The summed E-state index contributed by atoms with van der Waals surface area (Å²) >= 11 is 6.43. The Balaban J connectivity index is 1.58. The molecule has 2 aliphatic heterocycles. The molecule has 3 aromatic rings. The summed E-state index contributed by atoms with van der Waals surface area (Å²) in [6.45, 7) is 5.90. The summed E-state index contributed by atoms with van der Waals surface area (Å²) in [7, 11) is 0. The topological polar surface area (TPSA) is 114 Å². The number of carbonyl (C=O) groups is 2. The Morgan fingerprint density at radius 2 is 1.62 bits per heavy atom. The van der Waals surface area contributed by atoms with Crippen molar-refractivity contribution in [2.45, 2.75) is 63.4 Å². The Bertz CT molecular complexity index is 1490. The highest BCUT2D eigenvalue weighted by molar-refractivity contribution is 6.30. The Hall–Kier alpha value is -3.69. The van der Waals surface area contributed by atoms with Crippen LogP contribution < -0.4 is 5.32 Å². The highest BCUT2D eigenvalue weighted by Crippen LogP contribution is 2.52. The van der Waals surface area contributed by atoms with E-state index in [0.29, 0.717) is 29.3 Å². The molecule has 1 saturated heterocycles. The van der Waals surface area contributed by atoms with Gasteiger partial charge >= 0.3 is 11.9 Å². The number of rotatable bonds is 12. The van der Waals surface area contributed by atoms with Crippen LogP contribution in [0.1, 0.15) is 62.1 Å². The lowest BCUT2D eigenvalue weighted by atomic mass is 9.59. The maximum atomic E-state index is 13.8. The molecule has 0 amide bonds. The number of allylic oxidation sites excluding steroid dienone is 1. The van der Waals surface area contributed by atoms with Crippen LogP contribution >= 0.6 is 11.6 Å². The number of hydrogen-bond donors (Lipinski definition) is 3. The molecule has 4 unspecified atom stereocenters. The van der Waals surface area contributed by atoms with Crippen molar-refractivity contribution in [3.05, 3.63) is 118 Å². The molecule has 3 aromatic carbocycles. The first-order valence-electron chi connectivity index (χ1n) is 15.2. The normalized spacial score (nSPS) is 24.4. The average molecular weight is 634 g/mol. The molecule has 0 radical (unpaired) electrons. The number of halogens is 1. The van der Waals surface area contributed by atoms with Crippen molar-refractivity contribution >= 4 is 23.5 Å². The van der Waals surface area contributed by atoms with Crippen LogP contribution in [0.5, 0.6) is 0 Å². The number of hydrogen-bond acceptors (Lipinski definition) is 6. The molecule has 45 heavy (non-hydrogen) atoms.